The predicted molar refractivity (Wildman–Crippen MR) is 106 cm³/mol. The molecule has 3 aromatic heterocycles. The zero-order valence-corrected chi connectivity index (χ0v) is 16.3. The Bertz CT molecular complexity index is 1060. The minimum atomic E-state index is 0.581. The molecular formula is C18H19N5OS2. The number of nitrogens with one attached hydrogen (secondary N) is 1. The Morgan fingerprint density at radius 2 is 1.96 bits per heavy atom. The molecule has 8 heteroatoms. The number of hydrogen-bond donors (Lipinski definition) is 1. The monoisotopic (exact) mass is 385 g/mol. The topological polar surface area (TPSA) is 64.9 Å². The molecule has 0 spiro atoms. The van der Waals surface area contributed by atoms with Crippen LogP contribution in [0.2, 0.25) is 0 Å². The van der Waals surface area contributed by atoms with Crippen molar-refractivity contribution in [3.8, 4) is 16.3 Å². The van der Waals surface area contributed by atoms with Crippen LogP contribution in [0.4, 0.5) is 0 Å². The van der Waals surface area contributed by atoms with Crippen LogP contribution in [0.15, 0.2) is 18.3 Å². The van der Waals surface area contributed by atoms with Crippen LogP contribution >= 0.6 is 22.7 Å². The predicted octanol–water partition coefficient (Wildman–Crippen LogP) is 3.78. The summed E-state index contributed by atoms with van der Waals surface area (Å²) in [5, 5.41) is 11.2. The van der Waals surface area contributed by atoms with E-state index in [1.54, 1.807) is 29.8 Å². The van der Waals surface area contributed by atoms with Crippen molar-refractivity contribution >= 4 is 43.2 Å². The van der Waals surface area contributed by atoms with Crippen molar-refractivity contribution < 1.29 is 4.74 Å². The molecule has 0 saturated carbocycles. The number of ether oxygens (including phenoxy) is 1. The molecule has 5 rings (SSSR count). The number of methoxy groups -OCH3 is 1. The molecule has 0 aliphatic carbocycles. The van der Waals surface area contributed by atoms with Crippen molar-refractivity contribution in [2.45, 2.75) is 18.8 Å². The van der Waals surface area contributed by atoms with Crippen LogP contribution in [0.5, 0.6) is 5.75 Å². The second kappa shape index (κ2) is 6.29. The van der Waals surface area contributed by atoms with Gasteiger partial charge in [-0.15, -0.1) is 0 Å². The van der Waals surface area contributed by atoms with Crippen LogP contribution in [-0.4, -0.2) is 39.9 Å². The number of benzene rings is 1. The van der Waals surface area contributed by atoms with E-state index in [9.17, 15) is 0 Å². The van der Waals surface area contributed by atoms with Gasteiger partial charge in [-0.3, -0.25) is 4.68 Å². The summed E-state index contributed by atoms with van der Waals surface area (Å²) in [7, 11) is 3.60. The van der Waals surface area contributed by atoms with Gasteiger partial charge in [-0.1, -0.05) is 22.7 Å². The SMILES string of the molecule is COc1cc(-c2nc3sc(C4CCNCC4)nc3s2)cc2cn(C)nc12. The first-order chi connectivity index (χ1) is 12.7. The molecule has 0 bridgehead atoms. The van der Waals surface area contributed by atoms with Gasteiger partial charge in [-0.25, -0.2) is 9.97 Å². The molecule has 0 amide bonds. The molecule has 134 valence electrons. The molecule has 4 aromatic rings. The van der Waals surface area contributed by atoms with E-state index >= 15 is 0 Å². The number of fused-ring (bicyclic) bond motifs is 2. The van der Waals surface area contributed by atoms with Crippen LogP contribution in [0.25, 0.3) is 31.1 Å². The van der Waals surface area contributed by atoms with Gasteiger partial charge >= 0.3 is 0 Å². The molecule has 0 atom stereocenters. The molecule has 1 aliphatic heterocycles. The van der Waals surface area contributed by atoms with Gasteiger partial charge < -0.3 is 10.1 Å². The van der Waals surface area contributed by atoms with Crippen LogP contribution < -0.4 is 10.1 Å². The lowest BCUT2D eigenvalue weighted by atomic mass is 9.99. The fourth-order valence-electron chi connectivity index (χ4n) is 3.53. The Hall–Kier alpha value is -2.03. The molecule has 6 nitrogen and oxygen atoms in total. The molecule has 1 aliphatic rings. The van der Waals surface area contributed by atoms with E-state index in [-0.39, 0.29) is 0 Å². The van der Waals surface area contributed by atoms with E-state index in [4.69, 9.17) is 14.7 Å². The van der Waals surface area contributed by atoms with Gasteiger partial charge in [-0.2, -0.15) is 5.10 Å². The van der Waals surface area contributed by atoms with Crippen LogP contribution in [0.1, 0.15) is 23.8 Å². The van der Waals surface area contributed by atoms with E-state index in [0.29, 0.717) is 5.92 Å². The van der Waals surface area contributed by atoms with E-state index in [1.807, 2.05) is 24.0 Å². The maximum Gasteiger partial charge on any atom is 0.155 e. The molecule has 1 fully saturated rings. The zero-order valence-electron chi connectivity index (χ0n) is 14.7. The van der Waals surface area contributed by atoms with Crippen LogP contribution in [-0.2, 0) is 7.05 Å². The summed E-state index contributed by atoms with van der Waals surface area (Å²) in [6.45, 7) is 2.17. The summed E-state index contributed by atoms with van der Waals surface area (Å²) < 4.78 is 7.35. The highest BCUT2D eigenvalue weighted by Gasteiger charge is 2.21. The number of hydrogen-bond acceptors (Lipinski definition) is 7. The third-order valence-electron chi connectivity index (χ3n) is 4.84. The molecule has 1 N–H and O–H groups in total. The molecule has 4 heterocycles. The van der Waals surface area contributed by atoms with Gasteiger partial charge in [0, 0.05) is 30.1 Å². The number of thiazole rings is 2. The number of nitrogens with zero attached hydrogens (tertiary/aromatic N) is 4. The Balaban J connectivity index is 1.54. The van der Waals surface area contributed by atoms with Gasteiger partial charge in [0.25, 0.3) is 0 Å². The number of piperidine rings is 1. The first-order valence-corrected chi connectivity index (χ1v) is 10.3. The molecule has 0 radical (unpaired) electrons. The van der Waals surface area contributed by atoms with Gasteiger partial charge in [-0.05, 0) is 38.1 Å². The lowest BCUT2D eigenvalue weighted by molar-refractivity contribution is 0.418. The lowest BCUT2D eigenvalue weighted by Gasteiger charge is -2.20. The largest absolute Gasteiger partial charge is 0.494 e. The number of rotatable bonds is 3. The van der Waals surface area contributed by atoms with Gasteiger partial charge in [0.1, 0.15) is 16.3 Å². The van der Waals surface area contributed by atoms with E-state index in [2.05, 4.69) is 16.5 Å². The average molecular weight is 386 g/mol. The summed E-state index contributed by atoms with van der Waals surface area (Å²) in [4.78, 5) is 11.8. The summed E-state index contributed by atoms with van der Waals surface area (Å²) in [5.41, 5.74) is 1.93. The van der Waals surface area contributed by atoms with Crippen molar-refractivity contribution in [3.05, 3.63) is 23.3 Å². The Morgan fingerprint density at radius 1 is 1.15 bits per heavy atom. The quantitative estimate of drug-likeness (QED) is 0.581. The highest BCUT2D eigenvalue weighted by molar-refractivity contribution is 7.28. The van der Waals surface area contributed by atoms with Crippen molar-refractivity contribution in [1.29, 1.82) is 0 Å². The van der Waals surface area contributed by atoms with Crippen molar-refractivity contribution in [2.24, 2.45) is 7.05 Å². The number of aryl methyl sites for hydroxylation is 1. The van der Waals surface area contributed by atoms with E-state index in [0.717, 1.165) is 50.0 Å². The summed E-state index contributed by atoms with van der Waals surface area (Å²) in [5.74, 6) is 1.36. The van der Waals surface area contributed by atoms with E-state index < -0.39 is 0 Å². The highest BCUT2D eigenvalue weighted by Crippen LogP contribution is 2.39. The Morgan fingerprint density at radius 3 is 2.73 bits per heavy atom. The standard InChI is InChI=1S/C18H19N5OS2/c1-23-9-12-7-11(8-13(24-2)14(12)22-23)16-21-18-17(26-16)20-15(25-18)10-3-5-19-6-4-10/h7-10,19H,3-6H2,1-2H3. The molecule has 1 aromatic carbocycles. The Labute approximate surface area is 158 Å². The highest BCUT2D eigenvalue weighted by atomic mass is 32.1. The minimum Gasteiger partial charge on any atom is -0.494 e. The Kier molecular flexibility index (Phi) is 3.91. The lowest BCUT2D eigenvalue weighted by Crippen LogP contribution is -2.26. The first kappa shape index (κ1) is 16.2. The van der Waals surface area contributed by atoms with Crippen molar-refractivity contribution in [1.82, 2.24) is 25.1 Å². The second-order valence-electron chi connectivity index (χ2n) is 6.62. The van der Waals surface area contributed by atoms with Gasteiger partial charge in [0.05, 0.1) is 12.1 Å². The molecular weight excluding hydrogens is 366 g/mol. The zero-order chi connectivity index (χ0) is 17.7. The molecule has 26 heavy (non-hydrogen) atoms. The average Bonchev–Trinajstić information content (AvgIpc) is 3.33. The fourth-order valence-corrected chi connectivity index (χ4v) is 5.73. The number of aromatic nitrogens is 4. The van der Waals surface area contributed by atoms with E-state index in [1.165, 1.54) is 17.8 Å². The first-order valence-electron chi connectivity index (χ1n) is 8.71. The van der Waals surface area contributed by atoms with Crippen molar-refractivity contribution in [3.63, 3.8) is 0 Å². The summed E-state index contributed by atoms with van der Waals surface area (Å²) in [6.07, 6.45) is 4.34. The van der Waals surface area contributed by atoms with Gasteiger partial charge in [0.15, 0.2) is 9.66 Å². The fraction of sp³-hybridized carbons (Fsp3) is 0.389. The van der Waals surface area contributed by atoms with Crippen LogP contribution in [0, 0.1) is 0 Å². The molecule has 0 unspecified atom stereocenters. The van der Waals surface area contributed by atoms with Crippen molar-refractivity contribution in [2.75, 3.05) is 20.2 Å². The third kappa shape index (κ3) is 2.69. The normalized spacial score (nSPS) is 15.9. The van der Waals surface area contributed by atoms with Crippen LogP contribution in [0.3, 0.4) is 0 Å². The maximum absolute atomic E-state index is 5.54. The maximum atomic E-state index is 5.54. The van der Waals surface area contributed by atoms with Gasteiger partial charge in [0.2, 0.25) is 0 Å². The summed E-state index contributed by atoms with van der Waals surface area (Å²) in [6, 6.07) is 4.15. The summed E-state index contributed by atoms with van der Waals surface area (Å²) >= 11 is 3.41. The molecule has 1 saturated heterocycles. The minimum absolute atomic E-state index is 0.581. The second-order valence-corrected chi connectivity index (χ2v) is 8.61. The smallest absolute Gasteiger partial charge is 0.155 e. The third-order valence-corrected chi connectivity index (χ3v) is 7.07.